The summed E-state index contributed by atoms with van der Waals surface area (Å²) in [5.74, 6) is 0. The van der Waals surface area contributed by atoms with Crippen molar-refractivity contribution in [2.45, 2.75) is 0 Å². The van der Waals surface area contributed by atoms with Gasteiger partial charge in [-0.1, -0.05) is 0 Å². The fraction of sp³-hybridized carbons (Fsp3) is 0. The second-order valence-electron chi connectivity index (χ2n) is 0.383. The molecule has 8 heteroatoms. The van der Waals surface area contributed by atoms with Gasteiger partial charge in [-0.15, -0.1) is 0 Å². The molecule has 0 fully saturated rings. The maximum atomic E-state index is 9.81. The number of halogens is 6. The first kappa shape index (κ1) is 11.5. The van der Waals surface area contributed by atoms with Crippen molar-refractivity contribution in [3.63, 3.8) is 0 Å². The Hall–Kier alpha value is 0.749. The van der Waals surface area contributed by atoms with E-state index in [2.05, 4.69) is 0 Å². The van der Waals surface area contributed by atoms with Crippen LogP contribution in [0.4, 0.5) is 20.4 Å². The Morgan fingerprint density at radius 1 is 0.500 bits per heavy atom. The van der Waals surface area contributed by atoms with Gasteiger partial charge in [0.15, 0.2) is 0 Å². The summed E-state index contributed by atoms with van der Waals surface area (Å²) in [7, 11) is 0. The Labute approximate surface area is 54.1 Å². The van der Waals surface area contributed by atoms with Gasteiger partial charge in [0.25, 0.3) is 0 Å². The van der Waals surface area contributed by atoms with Gasteiger partial charge >= 0.3 is 53.7 Å². The molecule has 0 aliphatic heterocycles. The van der Waals surface area contributed by atoms with E-state index in [-0.39, 0.29) is 0 Å². The van der Waals surface area contributed by atoms with Gasteiger partial charge in [-0.2, -0.15) is 0 Å². The summed E-state index contributed by atoms with van der Waals surface area (Å²) in [4.78, 5) is 0. The van der Waals surface area contributed by atoms with Crippen LogP contribution in [0, 0.1) is 0 Å². The van der Waals surface area contributed by atoms with Crippen LogP contribution in [0.5, 0.6) is 0 Å². The van der Waals surface area contributed by atoms with Crippen molar-refractivity contribution < 1.29 is 53.7 Å². The summed E-state index contributed by atoms with van der Waals surface area (Å²) < 4.78 is 58.9. The topological polar surface area (TPSA) is 0 Å². The molecule has 0 amide bonds. The second-order valence-corrected chi connectivity index (χ2v) is 1.58. The predicted octanol–water partition coefficient (Wildman–Crippen LogP) is 2.52. The summed E-state index contributed by atoms with van der Waals surface area (Å²) in [5.41, 5.74) is 0. The molecule has 8 heavy (non-hydrogen) atoms. The summed E-state index contributed by atoms with van der Waals surface area (Å²) in [6.07, 6.45) is 0. The zero-order valence-electron chi connectivity index (χ0n) is 3.16. The van der Waals surface area contributed by atoms with Gasteiger partial charge in [0.05, 0.1) is 0 Å². The van der Waals surface area contributed by atoms with Crippen molar-refractivity contribution in [2.75, 3.05) is 0 Å². The van der Waals surface area contributed by atoms with E-state index in [4.69, 9.17) is 0 Å². The Bertz CT molecular complexity index is 22.0. The molecular formula is F6V2. The van der Waals surface area contributed by atoms with Crippen molar-refractivity contribution in [2.24, 2.45) is 0 Å². The first-order chi connectivity index (χ1) is 3.46. The molecule has 0 atom stereocenters. The Kier molecular flexibility index (Phi) is 11.2. The summed E-state index contributed by atoms with van der Waals surface area (Å²) in [5, 5.41) is 0. The maximum absolute atomic E-state index is 9.81. The van der Waals surface area contributed by atoms with E-state index >= 15 is 0 Å². The van der Waals surface area contributed by atoms with E-state index in [0.29, 0.717) is 0 Å². The first-order valence-corrected chi connectivity index (χ1v) is 4.18. The molecule has 0 N–H and O–H groups in total. The average molecular weight is 216 g/mol. The van der Waals surface area contributed by atoms with Gasteiger partial charge < -0.3 is 0 Å². The minimum atomic E-state index is -4.69. The van der Waals surface area contributed by atoms with Crippen LogP contribution in [0.25, 0.3) is 0 Å². The predicted molar refractivity (Wildman–Crippen MR) is 6.65 cm³/mol. The molecule has 0 aliphatic carbocycles. The Morgan fingerprint density at radius 3 is 0.500 bits per heavy atom. The fourth-order valence-corrected chi connectivity index (χ4v) is 0. The summed E-state index contributed by atoms with van der Waals surface area (Å²) in [6.45, 7) is 0. The quantitative estimate of drug-likeness (QED) is 0.545. The van der Waals surface area contributed by atoms with Gasteiger partial charge in [-0.05, 0) is 0 Å². The van der Waals surface area contributed by atoms with Crippen molar-refractivity contribution >= 4 is 0 Å². The number of hydrogen-bond donors (Lipinski definition) is 0. The van der Waals surface area contributed by atoms with E-state index in [1.165, 1.54) is 0 Å². The third kappa shape index (κ3) is 398. The molecule has 52 valence electrons. The molecule has 0 aromatic rings. The van der Waals surface area contributed by atoms with Crippen LogP contribution >= 0.6 is 0 Å². The van der Waals surface area contributed by atoms with Crippen LogP contribution in [0.3, 0.4) is 0 Å². The Balaban J connectivity index is 0. The first-order valence-electron chi connectivity index (χ1n) is 1.01. The zero-order chi connectivity index (χ0) is 7.15. The van der Waals surface area contributed by atoms with Crippen LogP contribution < -0.4 is 0 Å². The van der Waals surface area contributed by atoms with Crippen molar-refractivity contribution in [1.82, 2.24) is 0 Å². The molecule has 0 heterocycles. The van der Waals surface area contributed by atoms with E-state index in [0.717, 1.165) is 0 Å². The summed E-state index contributed by atoms with van der Waals surface area (Å²) >= 11 is -9.38. The third-order valence-electron chi connectivity index (χ3n) is 0. The molecule has 0 spiro atoms. The molecule has 0 nitrogen and oxygen atoms in total. The van der Waals surface area contributed by atoms with Gasteiger partial charge in [-0.3, -0.25) is 0 Å². The molecule has 0 rings (SSSR count). The van der Waals surface area contributed by atoms with Gasteiger partial charge in [0.2, 0.25) is 0 Å². The molecule has 0 aromatic carbocycles. The van der Waals surface area contributed by atoms with Crippen LogP contribution in [0.1, 0.15) is 0 Å². The fourth-order valence-electron chi connectivity index (χ4n) is 0. The minimum absolute atomic E-state index is 4.69. The molecule has 0 unspecified atom stereocenters. The number of hydrogen-bond acceptors (Lipinski definition) is 0. The van der Waals surface area contributed by atoms with Crippen LogP contribution in [-0.2, 0) is 33.2 Å². The van der Waals surface area contributed by atoms with E-state index < -0.39 is 33.2 Å². The van der Waals surface area contributed by atoms with Gasteiger partial charge in [0.1, 0.15) is 0 Å². The van der Waals surface area contributed by atoms with Crippen molar-refractivity contribution in [1.29, 1.82) is 0 Å². The Morgan fingerprint density at radius 2 is 0.500 bits per heavy atom. The molecular weight excluding hydrogens is 216 g/mol. The van der Waals surface area contributed by atoms with Crippen LogP contribution in [0.15, 0.2) is 0 Å². The normalized spacial score (nSPS) is 9.00. The van der Waals surface area contributed by atoms with E-state index in [9.17, 15) is 20.4 Å². The van der Waals surface area contributed by atoms with Gasteiger partial charge in [0, 0.05) is 0 Å². The molecule has 0 radical (unpaired) electrons. The second kappa shape index (κ2) is 7.75. The average Bonchev–Trinajstić information content (AvgIpc) is 1.25. The van der Waals surface area contributed by atoms with Crippen LogP contribution in [-0.4, -0.2) is 0 Å². The van der Waals surface area contributed by atoms with E-state index in [1.54, 1.807) is 0 Å². The molecule has 0 aliphatic rings. The van der Waals surface area contributed by atoms with Crippen LogP contribution in [0.2, 0.25) is 0 Å². The zero-order valence-corrected chi connectivity index (χ0v) is 5.96. The van der Waals surface area contributed by atoms with Gasteiger partial charge in [-0.25, -0.2) is 0 Å². The monoisotopic (exact) mass is 216 g/mol. The van der Waals surface area contributed by atoms with E-state index in [1.807, 2.05) is 0 Å². The standard InChI is InChI=1S/6FH.2V/h6*1H;;/q;;;;;;2*+3/p-6. The SMILES string of the molecule is [F][V]([F])[F].[F][V]([F])[F]. The molecule has 0 bridgehead atoms. The van der Waals surface area contributed by atoms with Crippen molar-refractivity contribution in [3.8, 4) is 0 Å². The number of rotatable bonds is 0. The van der Waals surface area contributed by atoms with Crippen molar-refractivity contribution in [3.05, 3.63) is 0 Å². The molecule has 0 saturated carbocycles. The summed E-state index contributed by atoms with van der Waals surface area (Å²) in [6, 6.07) is 0. The molecule has 0 saturated heterocycles. The molecule has 0 aromatic heterocycles. The third-order valence-corrected chi connectivity index (χ3v) is 0.